The molecule has 0 N–H and O–H groups in total. The molecule has 1 aromatic rings. The smallest absolute Gasteiger partial charge is 0.410 e. The molecule has 0 aromatic carbocycles. The first-order valence-corrected chi connectivity index (χ1v) is 9.79. The van der Waals surface area contributed by atoms with E-state index >= 15 is 0 Å². The minimum Gasteiger partial charge on any atom is -0.447 e. The normalized spacial score (nSPS) is 21.2. The Morgan fingerprint density at radius 2 is 2.12 bits per heavy atom. The molecule has 3 rings (SSSR count). The Kier molecular flexibility index (Phi) is 5.21. The van der Waals surface area contributed by atoms with Crippen molar-refractivity contribution in [2.45, 2.75) is 49.8 Å². The van der Waals surface area contributed by atoms with Crippen LogP contribution in [0.25, 0.3) is 0 Å². The molecule has 6 nitrogen and oxygen atoms in total. The van der Waals surface area contributed by atoms with Gasteiger partial charge in [-0.15, -0.1) is 11.8 Å². The van der Waals surface area contributed by atoms with Crippen LogP contribution in [0, 0.1) is 11.3 Å². The molecule has 0 radical (unpaired) electrons. The van der Waals surface area contributed by atoms with E-state index in [-0.39, 0.29) is 17.7 Å². The van der Waals surface area contributed by atoms with E-state index in [0.717, 1.165) is 43.2 Å². The lowest BCUT2D eigenvalue weighted by atomic mass is 9.97. The van der Waals surface area contributed by atoms with E-state index in [4.69, 9.17) is 10.00 Å². The molecule has 0 spiro atoms. The molecular formula is C18H24N4O2S. The van der Waals surface area contributed by atoms with Crippen LogP contribution in [0.4, 0.5) is 4.79 Å². The standard InChI is InChI=1S/C18H24N4O2S/c1-18(2)12-24-17(23)22(18)15-6-8-21(9-7-15)11-14-5-4-13(10-19)16(20-14)25-3/h4-5,15H,6-9,11-12H2,1-3H3. The summed E-state index contributed by atoms with van der Waals surface area (Å²) in [6.45, 7) is 7.24. The number of thioether (sulfide) groups is 1. The molecule has 1 amide bonds. The van der Waals surface area contributed by atoms with Gasteiger partial charge in [-0.2, -0.15) is 5.26 Å². The number of piperidine rings is 1. The number of ether oxygens (including phenoxy) is 1. The van der Waals surface area contributed by atoms with E-state index < -0.39 is 0 Å². The van der Waals surface area contributed by atoms with Gasteiger partial charge in [-0.1, -0.05) is 0 Å². The largest absolute Gasteiger partial charge is 0.447 e. The van der Waals surface area contributed by atoms with E-state index in [1.807, 2.05) is 23.3 Å². The van der Waals surface area contributed by atoms with Gasteiger partial charge in [0.25, 0.3) is 0 Å². The predicted molar refractivity (Wildman–Crippen MR) is 96.3 cm³/mol. The zero-order chi connectivity index (χ0) is 18.0. The minimum atomic E-state index is -0.216. The third-order valence-electron chi connectivity index (χ3n) is 4.94. The first-order valence-electron chi connectivity index (χ1n) is 8.57. The monoisotopic (exact) mass is 360 g/mol. The van der Waals surface area contributed by atoms with Crippen molar-refractivity contribution in [2.75, 3.05) is 26.0 Å². The van der Waals surface area contributed by atoms with Crippen LogP contribution in [-0.4, -0.2) is 58.4 Å². The van der Waals surface area contributed by atoms with Crippen LogP contribution in [0.1, 0.15) is 37.9 Å². The molecule has 2 aliphatic heterocycles. The number of nitriles is 1. The Morgan fingerprint density at radius 1 is 1.40 bits per heavy atom. The summed E-state index contributed by atoms with van der Waals surface area (Å²) in [4.78, 5) is 20.9. The third-order valence-corrected chi connectivity index (χ3v) is 5.64. The Morgan fingerprint density at radius 3 is 2.68 bits per heavy atom. The van der Waals surface area contributed by atoms with Crippen molar-refractivity contribution < 1.29 is 9.53 Å². The Labute approximate surface area is 153 Å². The van der Waals surface area contributed by atoms with E-state index in [9.17, 15) is 4.79 Å². The third kappa shape index (κ3) is 3.75. The molecule has 25 heavy (non-hydrogen) atoms. The predicted octanol–water partition coefficient (Wildman–Crippen LogP) is 2.87. The summed E-state index contributed by atoms with van der Waals surface area (Å²) >= 11 is 1.50. The molecule has 2 saturated heterocycles. The highest BCUT2D eigenvalue weighted by molar-refractivity contribution is 7.98. The van der Waals surface area contributed by atoms with Crippen molar-refractivity contribution in [3.05, 3.63) is 23.4 Å². The summed E-state index contributed by atoms with van der Waals surface area (Å²) in [7, 11) is 0. The number of hydrogen-bond donors (Lipinski definition) is 0. The van der Waals surface area contributed by atoms with E-state index in [0.29, 0.717) is 12.2 Å². The molecule has 2 fully saturated rings. The minimum absolute atomic E-state index is 0.179. The van der Waals surface area contributed by atoms with Gasteiger partial charge in [0.15, 0.2) is 0 Å². The highest BCUT2D eigenvalue weighted by Gasteiger charge is 2.44. The lowest BCUT2D eigenvalue weighted by Crippen LogP contribution is -2.52. The Balaban J connectivity index is 1.60. The molecule has 134 valence electrons. The highest BCUT2D eigenvalue weighted by atomic mass is 32.2. The average molecular weight is 360 g/mol. The quantitative estimate of drug-likeness (QED) is 0.769. The molecule has 3 heterocycles. The lowest BCUT2D eigenvalue weighted by molar-refractivity contribution is 0.0833. The number of nitrogens with zero attached hydrogens (tertiary/aromatic N) is 4. The van der Waals surface area contributed by atoms with Gasteiger partial charge in [-0.3, -0.25) is 9.80 Å². The lowest BCUT2D eigenvalue weighted by Gasteiger charge is -2.40. The van der Waals surface area contributed by atoms with Gasteiger partial charge >= 0.3 is 6.09 Å². The van der Waals surface area contributed by atoms with E-state index in [1.165, 1.54) is 11.8 Å². The molecule has 7 heteroatoms. The highest BCUT2D eigenvalue weighted by Crippen LogP contribution is 2.30. The Bertz CT molecular complexity index is 693. The molecule has 0 atom stereocenters. The van der Waals surface area contributed by atoms with Crippen LogP contribution in [0.5, 0.6) is 0 Å². The molecule has 1 aromatic heterocycles. The molecule has 2 aliphatic rings. The fraction of sp³-hybridized carbons (Fsp3) is 0.611. The number of amides is 1. The van der Waals surface area contributed by atoms with Crippen molar-refractivity contribution >= 4 is 17.9 Å². The van der Waals surface area contributed by atoms with Crippen LogP contribution in [-0.2, 0) is 11.3 Å². The summed E-state index contributed by atoms with van der Waals surface area (Å²) < 4.78 is 5.24. The fourth-order valence-electron chi connectivity index (χ4n) is 3.64. The second-order valence-corrected chi connectivity index (χ2v) is 8.01. The number of likely N-dealkylation sites (tertiary alicyclic amines) is 1. The van der Waals surface area contributed by atoms with Crippen LogP contribution in [0.2, 0.25) is 0 Å². The number of carbonyl (C=O) groups is 1. The topological polar surface area (TPSA) is 69.5 Å². The summed E-state index contributed by atoms with van der Waals surface area (Å²) in [5, 5.41) is 9.89. The maximum absolute atomic E-state index is 12.0. The van der Waals surface area contributed by atoms with Crippen LogP contribution >= 0.6 is 11.8 Å². The number of hydrogen-bond acceptors (Lipinski definition) is 6. The first kappa shape index (κ1) is 18.0. The van der Waals surface area contributed by atoms with Crippen molar-refractivity contribution in [1.82, 2.24) is 14.8 Å². The zero-order valence-electron chi connectivity index (χ0n) is 15.0. The number of pyridine rings is 1. The van der Waals surface area contributed by atoms with Crippen LogP contribution in [0.15, 0.2) is 17.2 Å². The Hall–Kier alpha value is -1.78. The van der Waals surface area contributed by atoms with Gasteiger partial charge in [0.2, 0.25) is 0 Å². The first-order chi connectivity index (χ1) is 11.9. The van der Waals surface area contributed by atoms with Crippen molar-refractivity contribution in [3.63, 3.8) is 0 Å². The number of carbonyl (C=O) groups excluding carboxylic acids is 1. The van der Waals surface area contributed by atoms with E-state index in [1.54, 1.807) is 0 Å². The van der Waals surface area contributed by atoms with Gasteiger partial charge < -0.3 is 4.74 Å². The van der Waals surface area contributed by atoms with Gasteiger partial charge in [0.05, 0.1) is 16.8 Å². The average Bonchev–Trinajstić information content (AvgIpc) is 2.88. The SMILES string of the molecule is CSc1nc(CN2CCC(N3C(=O)OCC3(C)C)CC2)ccc1C#N. The number of rotatable bonds is 4. The van der Waals surface area contributed by atoms with Crippen molar-refractivity contribution in [3.8, 4) is 6.07 Å². The number of cyclic esters (lactones) is 1. The fourth-order valence-corrected chi connectivity index (χ4v) is 4.18. The summed E-state index contributed by atoms with van der Waals surface area (Å²) in [5.74, 6) is 0. The van der Waals surface area contributed by atoms with Crippen LogP contribution < -0.4 is 0 Å². The van der Waals surface area contributed by atoms with Crippen LogP contribution in [0.3, 0.4) is 0 Å². The zero-order valence-corrected chi connectivity index (χ0v) is 15.8. The maximum atomic E-state index is 12.0. The molecule has 0 unspecified atom stereocenters. The second kappa shape index (κ2) is 7.22. The summed E-state index contributed by atoms with van der Waals surface area (Å²) in [6, 6.07) is 6.21. The summed E-state index contributed by atoms with van der Waals surface area (Å²) in [5.41, 5.74) is 1.40. The van der Waals surface area contributed by atoms with Crippen molar-refractivity contribution in [2.24, 2.45) is 0 Å². The van der Waals surface area contributed by atoms with Gasteiger partial charge in [-0.25, -0.2) is 9.78 Å². The molecule has 0 saturated carbocycles. The molecule has 0 aliphatic carbocycles. The maximum Gasteiger partial charge on any atom is 0.410 e. The second-order valence-electron chi connectivity index (χ2n) is 7.22. The number of aromatic nitrogens is 1. The molecule has 0 bridgehead atoms. The van der Waals surface area contributed by atoms with Gasteiger partial charge in [0, 0.05) is 25.7 Å². The van der Waals surface area contributed by atoms with Gasteiger partial charge in [-0.05, 0) is 45.1 Å². The van der Waals surface area contributed by atoms with Gasteiger partial charge in [0.1, 0.15) is 17.7 Å². The van der Waals surface area contributed by atoms with E-state index in [2.05, 4.69) is 29.8 Å². The molecular weight excluding hydrogens is 336 g/mol. The van der Waals surface area contributed by atoms with Crippen molar-refractivity contribution in [1.29, 1.82) is 5.26 Å². The summed E-state index contributed by atoms with van der Waals surface area (Å²) in [6.07, 6.45) is 3.66.